The number of benzene rings is 1. The van der Waals surface area contributed by atoms with Crippen molar-refractivity contribution in [3.8, 4) is 0 Å². The number of carbonyl (C=O) groups excluding carboxylic acids is 3. The quantitative estimate of drug-likeness (QED) is 0.159. The molecule has 0 heterocycles. The normalized spacial score (nSPS) is 14.3. The number of rotatable bonds is 15. The van der Waals surface area contributed by atoms with Crippen LogP contribution in [0.4, 0.5) is 0 Å². The molecule has 1 rings (SSSR count). The lowest BCUT2D eigenvalue weighted by Crippen LogP contribution is -2.54. The number of nitrogens with two attached hydrogens (primary N) is 1. The molecular weight excluding hydrogens is 450 g/mol. The van der Waals surface area contributed by atoms with Crippen LogP contribution in [0.25, 0.3) is 0 Å². The maximum atomic E-state index is 12.8. The third-order valence-electron chi connectivity index (χ3n) is 4.48. The van der Waals surface area contributed by atoms with Crippen LogP contribution in [0.2, 0.25) is 0 Å². The lowest BCUT2D eigenvalue weighted by atomic mass is 10.1. The summed E-state index contributed by atoms with van der Waals surface area (Å²) < 4.78 is 0. The summed E-state index contributed by atoms with van der Waals surface area (Å²) in [5, 5.41) is 33.5. The van der Waals surface area contributed by atoms with E-state index in [1.54, 1.807) is 0 Å². The molecular formula is C21H31N5O6S. The standard InChI is InChI=1S/C21H31N5O6S/c1-13(27)25-18(12-33-11-16(23)21(31)32)20(30)26-17(8-7-15(28)9-22)19(29)24-10-14-5-3-2-4-6-14/h2-6,9,15-18,22,28H,7-8,10-12,23H2,1H3,(H,24,29)(H,25,27)(H,26,30)(H,31,32)/t15?,16-,17-,18+/m0/s1. The highest BCUT2D eigenvalue weighted by Gasteiger charge is 2.27. The molecule has 0 aromatic heterocycles. The number of amides is 3. The molecule has 0 saturated carbocycles. The minimum absolute atomic E-state index is 0.0330. The molecule has 0 aliphatic heterocycles. The van der Waals surface area contributed by atoms with Crippen LogP contribution in [0.5, 0.6) is 0 Å². The molecule has 1 aromatic rings. The Kier molecular flexibility index (Phi) is 12.7. The maximum absolute atomic E-state index is 12.8. The van der Waals surface area contributed by atoms with Gasteiger partial charge in [0.05, 0.1) is 6.10 Å². The molecule has 1 unspecified atom stereocenters. The molecule has 0 aliphatic carbocycles. The lowest BCUT2D eigenvalue weighted by Gasteiger charge is -2.23. The summed E-state index contributed by atoms with van der Waals surface area (Å²) in [4.78, 5) is 47.9. The zero-order valence-corrected chi connectivity index (χ0v) is 19.1. The molecule has 0 saturated heterocycles. The Hall–Kier alpha value is -2.96. The highest BCUT2D eigenvalue weighted by Crippen LogP contribution is 2.08. The molecule has 0 bridgehead atoms. The molecule has 11 nitrogen and oxygen atoms in total. The number of aliphatic hydroxyl groups is 1. The third-order valence-corrected chi connectivity index (χ3v) is 5.64. The Morgan fingerprint density at radius 3 is 2.30 bits per heavy atom. The van der Waals surface area contributed by atoms with E-state index < -0.39 is 47.9 Å². The second kappa shape index (κ2) is 15.0. The number of hydrogen-bond donors (Lipinski definition) is 7. The van der Waals surface area contributed by atoms with Crippen molar-refractivity contribution in [2.45, 2.75) is 50.5 Å². The molecule has 0 spiro atoms. The molecule has 3 amide bonds. The van der Waals surface area contributed by atoms with Crippen LogP contribution in [0.15, 0.2) is 30.3 Å². The van der Waals surface area contributed by atoms with Crippen LogP contribution >= 0.6 is 11.8 Å². The van der Waals surface area contributed by atoms with Crippen molar-refractivity contribution in [2.24, 2.45) is 5.73 Å². The van der Waals surface area contributed by atoms with Gasteiger partial charge in [0.2, 0.25) is 17.7 Å². The molecule has 12 heteroatoms. The average Bonchev–Trinajstić information content (AvgIpc) is 2.79. The van der Waals surface area contributed by atoms with Crippen LogP contribution in [-0.2, 0) is 25.7 Å². The van der Waals surface area contributed by atoms with Crippen LogP contribution in [0.1, 0.15) is 25.3 Å². The average molecular weight is 482 g/mol. The molecule has 8 N–H and O–H groups in total. The molecule has 1 aromatic carbocycles. The number of aliphatic carboxylic acids is 1. The predicted octanol–water partition coefficient (Wildman–Crippen LogP) is -0.772. The van der Waals surface area contributed by atoms with Gasteiger partial charge in [0.25, 0.3) is 0 Å². The van der Waals surface area contributed by atoms with Crippen molar-refractivity contribution in [1.82, 2.24) is 16.0 Å². The first-order valence-electron chi connectivity index (χ1n) is 10.3. The zero-order chi connectivity index (χ0) is 24.8. The third kappa shape index (κ3) is 11.5. The zero-order valence-electron chi connectivity index (χ0n) is 18.3. The number of carbonyl (C=O) groups is 4. The van der Waals surface area contributed by atoms with Gasteiger partial charge in [0.15, 0.2) is 0 Å². The Labute approximate surface area is 196 Å². The Morgan fingerprint density at radius 1 is 1.06 bits per heavy atom. The first-order valence-corrected chi connectivity index (χ1v) is 11.4. The minimum atomic E-state index is -1.18. The summed E-state index contributed by atoms with van der Waals surface area (Å²) in [5.74, 6) is -2.68. The highest BCUT2D eigenvalue weighted by molar-refractivity contribution is 7.99. The van der Waals surface area contributed by atoms with Crippen molar-refractivity contribution in [1.29, 1.82) is 5.41 Å². The van der Waals surface area contributed by atoms with Gasteiger partial charge >= 0.3 is 5.97 Å². The summed E-state index contributed by atoms with van der Waals surface area (Å²) in [5.41, 5.74) is 6.32. The van der Waals surface area contributed by atoms with Crippen LogP contribution in [-0.4, -0.2) is 75.9 Å². The van der Waals surface area contributed by atoms with Gasteiger partial charge in [0, 0.05) is 31.2 Å². The topological polar surface area (TPSA) is 195 Å². The fourth-order valence-corrected chi connectivity index (χ4v) is 3.69. The number of carboxylic acids is 1. The van der Waals surface area contributed by atoms with Gasteiger partial charge in [0.1, 0.15) is 18.1 Å². The lowest BCUT2D eigenvalue weighted by molar-refractivity contribution is -0.138. The maximum Gasteiger partial charge on any atom is 0.321 e. The van der Waals surface area contributed by atoms with E-state index in [0.29, 0.717) is 0 Å². The number of hydrogen-bond acceptors (Lipinski definition) is 8. The summed E-state index contributed by atoms with van der Waals surface area (Å²) in [7, 11) is 0. The summed E-state index contributed by atoms with van der Waals surface area (Å²) in [6.45, 7) is 1.47. The van der Waals surface area contributed by atoms with E-state index in [4.69, 9.17) is 16.2 Å². The molecule has 0 aliphatic rings. The van der Waals surface area contributed by atoms with E-state index in [1.807, 2.05) is 30.3 Å². The fourth-order valence-electron chi connectivity index (χ4n) is 2.68. The summed E-state index contributed by atoms with van der Waals surface area (Å²) in [6, 6.07) is 6.01. The number of nitrogens with one attached hydrogen (secondary N) is 4. The molecule has 0 fully saturated rings. The second-order valence-electron chi connectivity index (χ2n) is 7.31. The van der Waals surface area contributed by atoms with E-state index in [-0.39, 0.29) is 30.9 Å². The number of carboxylic acid groups (broad SMARTS) is 1. The van der Waals surface area contributed by atoms with Crippen molar-refractivity contribution in [3.05, 3.63) is 35.9 Å². The molecule has 0 radical (unpaired) electrons. The van der Waals surface area contributed by atoms with Gasteiger partial charge in [-0.1, -0.05) is 30.3 Å². The highest BCUT2D eigenvalue weighted by atomic mass is 32.2. The predicted molar refractivity (Wildman–Crippen MR) is 125 cm³/mol. The van der Waals surface area contributed by atoms with Gasteiger partial charge < -0.3 is 37.3 Å². The van der Waals surface area contributed by atoms with E-state index in [9.17, 15) is 24.3 Å². The van der Waals surface area contributed by atoms with Gasteiger partial charge in [-0.15, -0.1) is 0 Å². The van der Waals surface area contributed by atoms with Gasteiger partial charge in [-0.2, -0.15) is 11.8 Å². The fraction of sp³-hybridized carbons (Fsp3) is 0.476. The van der Waals surface area contributed by atoms with Crippen LogP contribution in [0, 0.1) is 5.41 Å². The summed E-state index contributed by atoms with van der Waals surface area (Å²) in [6.07, 6.45) is -0.0959. The van der Waals surface area contributed by atoms with E-state index >= 15 is 0 Å². The van der Waals surface area contributed by atoms with Crippen LogP contribution < -0.4 is 21.7 Å². The minimum Gasteiger partial charge on any atom is -0.480 e. The Morgan fingerprint density at radius 2 is 1.73 bits per heavy atom. The van der Waals surface area contributed by atoms with E-state index in [0.717, 1.165) is 23.5 Å². The first kappa shape index (κ1) is 28.1. The van der Waals surface area contributed by atoms with Crippen molar-refractivity contribution >= 4 is 41.7 Å². The Balaban J connectivity index is 2.82. The van der Waals surface area contributed by atoms with Crippen molar-refractivity contribution < 1.29 is 29.4 Å². The second-order valence-corrected chi connectivity index (χ2v) is 8.39. The SMILES string of the molecule is CC(=O)N[C@H](CSC[C@H](N)C(=O)O)C(=O)N[C@@H](CCC(O)C=N)C(=O)NCc1ccccc1. The first-order chi connectivity index (χ1) is 15.6. The number of thioether (sulfide) groups is 1. The van der Waals surface area contributed by atoms with Gasteiger partial charge in [-0.05, 0) is 18.4 Å². The van der Waals surface area contributed by atoms with Crippen LogP contribution in [0.3, 0.4) is 0 Å². The largest absolute Gasteiger partial charge is 0.480 e. The van der Waals surface area contributed by atoms with E-state index in [1.165, 1.54) is 6.92 Å². The van der Waals surface area contributed by atoms with Gasteiger partial charge in [-0.3, -0.25) is 19.2 Å². The molecule has 4 atom stereocenters. The monoisotopic (exact) mass is 481 g/mol. The van der Waals surface area contributed by atoms with Crippen molar-refractivity contribution in [2.75, 3.05) is 11.5 Å². The smallest absolute Gasteiger partial charge is 0.321 e. The summed E-state index contributed by atoms with van der Waals surface area (Å²) >= 11 is 1.08. The van der Waals surface area contributed by atoms with E-state index in [2.05, 4.69) is 16.0 Å². The van der Waals surface area contributed by atoms with Gasteiger partial charge in [-0.25, -0.2) is 0 Å². The van der Waals surface area contributed by atoms with Crippen molar-refractivity contribution in [3.63, 3.8) is 0 Å². The number of aliphatic hydroxyl groups excluding tert-OH is 1. The Bertz CT molecular complexity index is 810. The molecule has 33 heavy (non-hydrogen) atoms. The molecule has 182 valence electrons.